The molecule has 13 heavy (non-hydrogen) atoms. The molecule has 0 aromatic rings. The van der Waals surface area contributed by atoms with Gasteiger partial charge in [-0.1, -0.05) is 0 Å². The van der Waals surface area contributed by atoms with Gasteiger partial charge in [0.1, 0.15) is 0 Å². The Balaban J connectivity index is 2.16. The molecule has 0 amide bonds. The lowest BCUT2D eigenvalue weighted by Crippen LogP contribution is -2.47. The quantitative estimate of drug-likeness (QED) is 0.704. The first-order valence-corrected chi connectivity index (χ1v) is 4.96. The van der Waals surface area contributed by atoms with Crippen molar-refractivity contribution in [3.63, 3.8) is 0 Å². The average Bonchev–Trinajstić information content (AvgIpc) is 2.02. The number of ether oxygens (including phenoxy) is 2. The van der Waals surface area contributed by atoms with Crippen molar-refractivity contribution in [3.05, 3.63) is 0 Å². The van der Waals surface area contributed by atoms with Crippen LogP contribution in [-0.4, -0.2) is 37.5 Å². The van der Waals surface area contributed by atoms with E-state index in [0.29, 0.717) is 12.6 Å². The van der Waals surface area contributed by atoms with Gasteiger partial charge in [-0.15, -0.1) is 0 Å². The van der Waals surface area contributed by atoms with E-state index in [-0.39, 0.29) is 11.7 Å². The molecule has 78 valence electrons. The van der Waals surface area contributed by atoms with Crippen molar-refractivity contribution in [2.24, 2.45) is 0 Å². The first-order chi connectivity index (χ1) is 5.97. The maximum atomic E-state index is 5.64. The van der Waals surface area contributed by atoms with Crippen LogP contribution in [0.15, 0.2) is 0 Å². The second kappa shape index (κ2) is 4.40. The van der Waals surface area contributed by atoms with Crippen LogP contribution >= 0.6 is 0 Å². The van der Waals surface area contributed by atoms with Gasteiger partial charge in [0, 0.05) is 12.6 Å². The smallest absolute Gasteiger partial charge is 0.0933 e. The van der Waals surface area contributed by atoms with E-state index in [1.54, 1.807) is 0 Å². The van der Waals surface area contributed by atoms with Crippen molar-refractivity contribution in [1.82, 2.24) is 5.32 Å². The van der Waals surface area contributed by atoms with Gasteiger partial charge in [0.2, 0.25) is 0 Å². The Kier molecular flexibility index (Phi) is 3.71. The van der Waals surface area contributed by atoms with Crippen LogP contribution in [0.2, 0.25) is 0 Å². The molecule has 1 N–H and O–H groups in total. The molecule has 1 fully saturated rings. The van der Waals surface area contributed by atoms with Gasteiger partial charge >= 0.3 is 0 Å². The Morgan fingerprint density at radius 2 is 2.15 bits per heavy atom. The molecule has 0 aromatic carbocycles. The largest absolute Gasteiger partial charge is 0.373 e. The third kappa shape index (κ3) is 4.60. The summed E-state index contributed by atoms with van der Waals surface area (Å²) in [6.07, 6.45) is 0.218. The van der Waals surface area contributed by atoms with Crippen molar-refractivity contribution < 1.29 is 9.47 Å². The van der Waals surface area contributed by atoms with Crippen molar-refractivity contribution in [2.45, 2.75) is 45.4 Å². The first kappa shape index (κ1) is 11.0. The fraction of sp³-hybridized carbons (Fsp3) is 1.00. The van der Waals surface area contributed by atoms with E-state index in [1.807, 2.05) is 0 Å². The standard InChI is InChI=1S/C10H21NO2/c1-8-6-12-9(5-11-8)7-13-10(2,3)4/h8-9,11H,5-7H2,1-4H3/t8-,9-/m1/s1. The van der Waals surface area contributed by atoms with Gasteiger partial charge < -0.3 is 14.8 Å². The van der Waals surface area contributed by atoms with Gasteiger partial charge in [-0.2, -0.15) is 0 Å². The molecule has 0 aromatic heterocycles. The van der Waals surface area contributed by atoms with Crippen LogP contribution in [0.3, 0.4) is 0 Å². The van der Waals surface area contributed by atoms with Crippen molar-refractivity contribution in [2.75, 3.05) is 19.8 Å². The summed E-state index contributed by atoms with van der Waals surface area (Å²) in [7, 11) is 0. The summed E-state index contributed by atoms with van der Waals surface area (Å²) in [5, 5.41) is 3.36. The van der Waals surface area contributed by atoms with Crippen LogP contribution in [0, 0.1) is 0 Å². The SMILES string of the molecule is C[C@@H]1CO[C@@H](COC(C)(C)C)CN1. The Hall–Kier alpha value is -0.120. The van der Waals surface area contributed by atoms with Gasteiger partial charge in [0.05, 0.1) is 24.9 Å². The van der Waals surface area contributed by atoms with Crippen LogP contribution in [0.1, 0.15) is 27.7 Å². The fourth-order valence-corrected chi connectivity index (χ4v) is 1.18. The van der Waals surface area contributed by atoms with Gasteiger partial charge in [0.15, 0.2) is 0 Å². The monoisotopic (exact) mass is 187 g/mol. The van der Waals surface area contributed by atoms with Gasteiger partial charge in [-0.3, -0.25) is 0 Å². The predicted molar refractivity (Wildman–Crippen MR) is 52.9 cm³/mol. The van der Waals surface area contributed by atoms with E-state index in [4.69, 9.17) is 9.47 Å². The highest BCUT2D eigenvalue weighted by Gasteiger charge is 2.20. The van der Waals surface area contributed by atoms with Crippen molar-refractivity contribution in [3.8, 4) is 0 Å². The Bertz CT molecular complexity index is 145. The maximum absolute atomic E-state index is 5.64. The van der Waals surface area contributed by atoms with E-state index in [2.05, 4.69) is 33.0 Å². The Labute approximate surface area is 80.8 Å². The molecule has 0 aliphatic carbocycles. The van der Waals surface area contributed by atoms with E-state index in [0.717, 1.165) is 13.2 Å². The molecule has 1 aliphatic heterocycles. The van der Waals surface area contributed by atoms with Gasteiger partial charge in [0.25, 0.3) is 0 Å². The Morgan fingerprint density at radius 3 is 2.62 bits per heavy atom. The minimum Gasteiger partial charge on any atom is -0.373 e. The molecule has 2 atom stereocenters. The first-order valence-electron chi connectivity index (χ1n) is 4.96. The highest BCUT2D eigenvalue weighted by atomic mass is 16.5. The van der Waals surface area contributed by atoms with Crippen LogP contribution in [0.5, 0.6) is 0 Å². The molecule has 1 heterocycles. The zero-order valence-corrected chi connectivity index (χ0v) is 9.09. The van der Waals surface area contributed by atoms with Gasteiger partial charge in [-0.25, -0.2) is 0 Å². The summed E-state index contributed by atoms with van der Waals surface area (Å²) in [5.74, 6) is 0. The van der Waals surface area contributed by atoms with Crippen LogP contribution in [0.25, 0.3) is 0 Å². The minimum atomic E-state index is -0.0631. The summed E-state index contributed by atoms with van der Waals surface area (Å²) in [6.45, 7) is 10.7. The fourth-order valence-electron chi connectivity index (χ4n) is 1.18. The molecular formula is C10H21NO2. The number of hydrogen-bond acceptors (Lipinski definition) is 3. The maximum Gasteiger partial charge on any atom is 0.0933 e. The summed E-state index contributed by atoms with van der Waals surface area (Å²) in [5.41, 5.74) is -0.0631. The van der Waals surface area contributed by atoms with Crippen molar-refractivity contribution in [1.29, 1.82) is 0 Å². The molecule has 1 saturated heterocycles. The van der Waals surface area contributed by atoms with E-state index in [1.165, 1.54) is 0 Å². The molecule has 0 unspecified atom stereocenters. The topological polar surface area (TPSA) is 30.5 Å². The zero-order valence-electron chi connectivity index (χ0n) is 9.09. The molecular weight excluding hydrogens is 166 g/mol. The lowest BCUT2D eigenvalue weighted by Gasteiger charge is -2.30. The van der Waals surface area contributed by atoms with Crippen LogP contribution < -0.4 is 5.32 Å². The third-order valence-corrected chi connectivity index (χ3v) is 1.98. The lowest BCUT2D eigenvalue weighted by atomic mass is 10.2. The van der Waals surface area contributed by atoms with E-state index in [9.17, 15) is 0 Å². The molecule has 1 aliphatic rings. The second-order valence-electron chi connectivity index (χ2n) is 4.69. The average molecular weight is 187 g/mol. The Morgan fingerprint density at radius 1 is 1.46 bits per heavy atom. The number of nitrogens with one attached hydrogen (secondary N) is 1. The molecule has 0 saturated carbocycles. The molecule has 3 nitrogen and oxygen atoms in total. The molecule has 3 heteroatoms. The molecule has 0 spiro atoms. The summed E-state index contributed by atoms with van der Waals surface area (Å²) in [6, 6.07) is 0.478. The van der Waals surface area contributed by atoms with Crippen LogP contribution in [-0.2, 0) is 9.47 Å². The molecule has 1 rings (SSSR count). The number of morpholine rings is 1. The zero-order chi connectivity index (χ0) is 9.90. The molecule has 0 radical (unpaired) electrons. The summed E-state index contributed by atoms with van der Waals surface area (Å²) in [4.78, 5) is 0. The van der Waals surface area contributed by atoms with Crippen molar-refractivity contribution >= 4 is 0 Å². The van der Waals surface area contributed by atoms with Gasteiger partial charge in [-0.05, 0) is 27.7 Å². The van der Waals surface area contributed by atoms with E-state index < -0.39 is 0 Å². The summed E-state index contributed by atoms with van der Waals surface area (Å²) < 4.78 is 11.2. The number of hydrogen-bond donors (Lipinski definition) is 1. The van der Waals surface area contributed by atoms with E-state index >= 15 is 0 Å². The highest BCUT2D eigenvalue weighted by molar-refractivity contribution is 4.73. The minimum absolute atomic E-state index is 0.0631. The summed E-state index contributed by atoms with van der Waals surface area (Å²) >= 11 is 0. The predicted octanol–water partition coefficient (Wildman–Crippen LogP) is 1.18. The lowest BCUT2D eigenvalue weighted by molar-refractivity contribution is -0.0871. The van der Waals surface area contributed by atoms with Crippen LogP contribution in [0.4, 0.5) is 0 Å². The normalized spacial score (nSPS) is 30.5. The third-order valence-electron chi connectivity index (χ3n) is 1.98. The second-order valence-corrected chi connectivity index (χ2v) is 4.69. The molecule has 0 bridgehead atoms. The highest BCUT2D eigenvalue weighted by Crippen LogP contribution is 2.09. The number of rotatable bonds is 2.